The molecule has 0 aliphatic carbocycles. The molecule has 3 amide bonds. The number of hydrogen-bond acceptors (Lipinski definition) is 5. The van der Waals surface area contributed by atoms with Crippen molar-refractivity contribution in [3.63, 3.8) is 0 Å². The van der Waals surface area contributed by atoms with Gasteiger partial charge in [-0.15, -0.1) is 0 Å². The molecule has 0 aromatic heterocycles. The Labute approximate surface area is 165 Å². The van der Waals surface area contributed by atoms with Crippen LogP contribution in [-0.4, -0.2) is 53.2 Å². The summed E-state index contributed by atoms with van der Waals surface area (Å²) in [6.45, 7) is 6.06. The van der Waals surface area contributed by atoms with Gasteiger partial charge in [-0.05, 0) is 48.9 Å². The van der Waals surface area contributed by atoms with E-state index in [2.05, 4.69) is 17.1 Å². The van der Waals surface area contributed by atoms with E-state index in [0.717, 1.165) is 42.7 Å². The number of hydrogen-bond donors (Lipinski definition) is 2. The van der Waals surface area contributed by atoms with E-state index in [1.54, 1.807) is 4.90 Å². The number of carbonyl (C=O) groups excluding carboxylic acids is 3. The molecule has 3 aliphatic heterocycles. The van der Waals surface area contributed by atoms with E-state index in [-0.39, 0.29) is 24.1 Å². The van der Waals surface area contributed by atoms with Crippen molar-refractivity contribution in [3.8, 4) is 0 Å². The van der Waals surface area contributed by atoms with Gasteiger partial charge in [-0.1, -0.05) is 25.1 Å². The predicted molar refractivity (Wildman–Crippen MR) is 104 cm³/mol. The zero-order valence-electron chi connectivity index (χ0n) is 16.3. The SMILES string of the molecule is CC1CCN(Cc2cccc3c2C(=O)N(C2CCC(=O)NC2=O)C3)CC1CN. The van der Waals surface area contributed by atoms with Gasteiger partial charge in [0, 0.05) is 31.6 Å². The minimum Gasteiger partial charge on any atom is -0.330 e. The van der Waals surface area contributed by atoms with E-state index >= 15 is 0 Å². The maximum absolute atomic E-state index is 13.2. The van der Waals surface area contributed by atoms with E-state index in [0.29, 0.717) is 31.3 Å². The third-order valence-electron chi connectivity index (χ3n) is 6.53. The summed E-state index contributed by atoms with van der Waals surface area (Å²) < 4.78 is 0. The predicted octanol–water partition coefficient (Wildman–Crippen LogP) is 0.864. The summed E-state index contributed by atoms with van der Waals surface area (Å²) in [5.41, 5.74) is 8.65. The van der Waals surface area contributed by atoms with Crippen LogP contribution in [0.1, 0.15) is 47.7 Å². The highest BCUT2D eigenvalue weighted by molar-refractivity contribution is 6.05. The van der Waals surface area contributed by atoms with Crippen molar-refractivity contribution in [3.05, 3.63) is 34.9 Å². The molecule has 150 valence electrons. The van der Waals surface area contributed by atoms with Gasteiger partial charge in [0.2, 0.25) is 11.8 Å². The van der Waals surface area contributed by atoms with Crippen molar-refractivity contribution in [2.24, 2.45) is 17.6 Å². The molecule has 3 N–H and O–H groups in total. The van der Waals surface area contributed by atoms with Gasteiger partial charge >= 0.3 is 0 Å². The third-order valence-corrected chi connectivity index (χ3v) is 6.53. The highest BCUT2D eigenvalue weighted by atomic mass is 16.2. The summed E-state index contributed by atoms with van der Waals surface area (Å²) >= 11 is 0. The topological polar surface area (TPSA) is 95.7 Å². The van der Waals surface area contributed by atoms with E-state index in [1.807, 2.05) is 18.2 Å². The van der Waals surface area contributed by atoms with Gasteiger partial charge in [-0.3, -0.25) is 24.6 Å². The van der Waals surface area contributed by atoms with Crippen LogP contribution >= 0.6 is 0 Å². The van der Waals surface area contributed by atoms with E-state index in [4.69, 9.17) is 5.73 Å². The number of imide groups is 1. The standard InChI is InChI=1S/C21H28N4O3/c1-13-7-8-24(11-16(13)9-22)10-14-3-2-4-15-12-25(21(28)19(14)15)17-5-6-18(26)23-20(17)27/h2-4,13,16-17H,5-12,22H2,1H3,(H,23,26,27). The first kappa shape index (κ1) is 19.1. The summed E-state index contributed by atoms with van der Waals surface area (Å²) in [6.07, 6.45) is 1.78. The lowest BCUT2D eigenvalue weighted by Crippen LogP contribution is -2.52. The quantitative estimate of drug-likeness (QED) is 0.751. The first-order valence-corrected chi connectivity index (χ1v) is 10.2. The largest absolute Gasteiger partial charge is 0.330 e. The van der Waals surface area contributed by atoms with Crippen molar-refractivity contribution >= 4 is 17.7 Å². The number of nitrogens with zero attached hydrogens (tertiary/aromatic N) is 2. The summed E-state index contributed by atoms with van der Waals surface area (Å²) in [4.78, 5) is 40.9. The molecule has 3 unspecified atom stereocenters. The number of benzene rings is 1. The van der Waals surface area contributed by atoms with Crippen LogP contribution in [0.25, 0.3) is 0 Å². The van der Waals surface area contributed by atoms with Crippen molar-refractivity contribution in [2.75, 3.05) is 19.6 Å². The van der Waals surface area contributed by atoms with Crippen LogP contribution in [0.15, 0.2) is 18.2 Å². The molecule has 0 saturated carbocycles. The Bertz CT molecular complexity index is 809. The Morgan fingerprint density at radius 2 is 2.04 bits per heavy atom. The van der Waals surface area contributed by atoms with Gasteiger partial charge in [-0.25, -0.2) is 0 Å². The normalized spacial score (nSPS) is 28.4. The molecule has 3 heterocycles. The summed E-state index contributed by atoms with van der Waals surface area (Å²) in [7, 11) is 0. The Hall–Kier alpha value is -2.25. The average molecular weight is 384 g/mol. The molecule has 7 nitrogen and oxygen atoms in total. The number of fused-ring (bicyclic) bond motifs is 1. The molecule has 3 aliphatic rings. The Kier molecular flexibility index (Phi) is 5.21. The lowest BCUT2D eigenvalue weighted by Gasteiger charge is -2.36. The fourth-order valence-corrected chi connectivity index (χ4v) is 4.74. The molecule has 4 rings (SSSR count). The van der Waals surface area contributed by atoms with Crippen LogP contribution in [0.5, 0.6) is 0 Å². The second kappa shape index (κ2) is 7.64. The molecule has 2 saturated heterocycles. The number of nitrogens with one attached hydrogen (secondary N) is 1. The highest BCUT2D eigenvalue weighted by Crippen LogP contribution is 2.31. The van der Waals surface area contributed by atoms with Crippen LogP contribution < -0.4 is 11.1 Å². The number of piperidine rings is 2. The molecule has 0 bridgehead atoms. The van der Waals surface area contributed by atoms with Crippen LogP contribution in [0.4, 0.5) is 0 Å². The van der Waals surface area contributed by atoms with Gasteiger partial charge in [-0.2, -0.15) is 0 Å². The second-order valence-electron chi connectivity index (χ2n) is 8.35. The van der Waals surface area contributed by atoms with Gasteiger partial charge in [0.15, 0.2) is 0 Å². The molecule has 1 aromatic carbocycles. The first-order chi connectivity index (χ1) is 13.5. The second-order valence-corrected chi connectivity index (χ2v) is 8.35. The number of carbonyl (C=O) groups is 3. The maximum atomic E-state index is 13.2. The molecule has 2 fully saturated rings. The Morgan fingerprint density at radius 1 is 1.21 bits per heavy atom. The van der Waals surface area contributed by atoms with Crippen molar-refractivity contribution in [1.29, 1.82) is 0 Å². The average Bonchev–Trinajstić information content (AvgIpc) is 3.01. The number of nitrogens with two attached hydrogens (primary N) is 1. The molecule has 3 atom stereocenters. The Balaban J connectivity index is 1.52. The zero-order valence-corrected chi connectivity index (χ0v) is 16.3. The summed E-state index contributed by atoms with van der Waals surface area (Å²) in [6, 6.07) is 5.40. The fourth-order valence-electron chi connectivity index (χ4n) is 4.74. The lowest BCUT2D eigenvalue weighted by atomic mass is 9.87. The molecule has 0 spiro atoms. The van der Waals surface area contributed by atoms with Crippen molar-refractivity contribution in [1.82, 2.24) is 15.1 Å². The molecular formula is C21H28N4O3. The van der Waals surface area contributed by atoms with Gasteiger partial charge in [0.1, 0.15) is 6.04 Å². The lowest BCUT2D eigenvalue weighted by molar-refractivity contribution is -0.136. The van der Waals surface area contributed by atoms with Gasteiger partial charge < -0.3 is 10.6 Å². The van der Waals surface area contributed by atoms with E-state index in [9.17, 15) is 14.4 Å². The summed E-state index contributed by atoms with van der Waals surface area (Å²) in [5.74, 6) is 0.393. The minimum atomic E-state index is -0.567. The number of likely N-dealkylation sites (tertiary alicyclic amines) is 1. The monoisotopic (exact) mass is 384 g/mol. The van der Waals surface area contributed by atoms with Gasteiger partial charge in [0.25, 0.3) is 5.91 Å². The van der Waals surface area contributed by atoms with Crippen LogP contribution in [0, 0.1) is 11.8 Å². The minimum absolute atomic E-state index is 0.0964. The molecule has 28 heavy (non-hydrogen) atoms. The zero-order chi connectivity index (χ0) is 19.8. The van der Waals surface area contributed by atoms with E-state index < -0.39 is 6.04 Å². The molecule has 0 radical (unpaired) electrons. The Morgan fingerprint density at radius 3 is 2.79 bits per heavy atom. The van der Waals surface area contributed by atoms with Crippen LogP contribution in [-0.2, 0) is 22.7 Å². The number of rotatable bonds is 4. The van der Waals surface area contributed by atoms with Crippen LogP contribution in [0.3, 0.4) is 0 Å². The third kappa shape index (κ3) is 3.44. The van der Waals surface area contributed by atoms with E-state index in [1.165, 1.54) is 0 Å². The number of amides is 3. The molecule has 7 heteroatoms. The smallest absolute Gasteiger partial charge is 0.255 e. The molecule has 1 aromatic rings. The maximum Gasteiger partial charge on any atom is 0.255 e. The van der Waals surface area contributed by atoms with Crippen molar-refractivity contribution < 1.29 is 14.4 Å². The fraction of sp³-hybridized carbons (Fsp3) is 0.571. The highest BCUT2D eigenvalue weighted by Gasteiger charge is 2.40. The van der Waals surface area contributed by atoms with Crippen LogP contribution in [0.2, 0.25) is 0 Å². The van der Waals surface area contributed by atoms with Crippen molar-refractivity contribution in [2.45, 2.75) is 45.3 Å². The molecular weight excluding hydrogens is 356 g/mol. The summed E-state index contributed by atoms with van der Waals surface area (Å²) in [5, 5.41) is 2.36. The van der Waals surface area contributed by atoms with Gasteiger partial charge in [0.05, 0.1) is 0 Å². The first-order valence-electron chi connectivity index (χ1n) is 10.2.